The van der Waals surface area contributed by atoms with Crippen LogP contribution in [0.3, 0.4) is 0 Å². The number of rotatable bonds is 5. The first-order chi connectivity index (χ1) is 13.7. The summed E-state index contributed by atoms with van der Waals surface area (Å²) >= 11 is 0. The van der Waals surface area contributed by atoms with Gasteiger partial charge in [0.15, 0.2) is 5.69 Å². The van der Waals surface area contributed by atoms with Crippen LogP contribution in [0.4, 0.5) is 0 Å². The van der Waals surface area contributed by atoms with E-state index in [4.69, 9.17) is 0 Å². The Bertz CT molecular complexity index is 1010. The zero-order valence-corrected chi connectivity index (χ0v) is 15.7. The normalized spacial score (nSPS) is 12.5. The Labute approximate surface area is 163 Å². The first kappa shape index (κ1) is 18.0. The van der Waals surface area contributed by atoms with E-state index in [-0.39, 0.29) is 11.8 Å². The van der Waals surface area contributed by atoms with Crippen molar-refractivity contribution < 1.29 is 9.59 Å². The molecular formula is C22H22N4O2. The first-order valence-electron chi connectivity index (χ1n) is 9.43. The number of aromatic nitrogens is 2. The molecule has 0 saturated carbocycles. The molecule has 6 nitrogen and oxygen atoms in total. The molecule has 4 rings (SSSR count). The van der Waals surface area contributed by atoms with Crippen molar-refractivity contribution in [3.05, 3.63) is 82.7 Å². The maximum atomic E-state index is 12.8. The SMILES string of the molecule is CNC(=O)c1ccc(CNC(=O)c2nn(-c3ccccc3)c3c2CCC3)cc1. The van der Waals surface area contributed by atoms with Gasteiger partial charge >= 0.3 is 0 Å². The Hall–Kier alpha value is -3.41. The second kappa shape index (κ2) is 7.68. The Morgan fingerprint density at radius 2 is 1.75 bits per heavy atom. The van der Waals surface area contributed by atoms with Crippen LogP contribution in [-0.2, 0) is 19.4 Å². The van der Waals surface area contributed by atoms with Gasteiger partial charge in [-0.15, -0.1) is 0 Å². The second-order valence-electron chi connectivity index (χ2n) is 6.83. The number of nitrogens with zero attached hydrogens (tertiary/aromatic N) is 2. The number of carbonyl (C=O) groups is 2. The Balaban J connectivity index is 1.51. The van der Waals surface area contributed by atoms with Crippen molar-refractivity contribution in [3.8, 4) is 5.69 Å². The summed E-state index contributed by atoms with van der Waals surface area (Å²) in [5.41, 5.74) is 5.20. The molecule has 0 spiro atoms. The molecule has 0 saturated heterocycles. The lowest BCUT2D eigenvalue weighted by molar-refractivity contribution is 0.0941. The van der Waals surface area contributed by atoms with E-state index in [1.165, 1.54) is 0 Å². The highest BCUT2D eigenvalue weighted by Crippen LogP contribution is 2.27. The van der Waals surface area contributed by atoms with Crippen LogP contribution in [0.5, 0.6) is 0 Å². The molecule has 142 valence electrons. The smallest absolute Gasteiger partial charge is 0.272 e. The van der Waals surface area contributed by atoms with Crippen molar-refractivity contribution in [2.75, 3.05) is 7.05 Å². The molecule has 2 aromatic carbocycles. The van der Waals surface area contributed by atoms with Crippen LogP contribution in [0.2, 0.25) is 0 Å². The largest absolute Gasteiger partial charge is 0.355 e. The molecule has 6 heteroatoms. The average Bonchev–Trinajstić information content (AvgIpc) is 3.35. The third-order valence-electron chi connectivity index (χ3n) is 5.04. The fraction of sp³-hybridized carbons (Fsp3) is 0.227. The summed E-state index contributed by atoms with van der Waals surface area (Å²) in [7, 11) is 1.60. The van der Waals surface area contributed by atoms with E-state index in [2.05, 4.69) is 15.7 Å². The zero-order chi connectivity index (χ0) is 19.5. The van der Waals surface area contributed by atoms with Crippen LogP contribution in [-0.4, -0.2) is 28.6 Å². The van der Waals surface area contributed by atoms with Gasteiger partial charge in [-0.1, -0.05) is 30.3 Å². The summed E-state index contributed by atoms with van der Waals surface area (Å²) in [5.74, 6) is -0.291. The van der Waals surface area contributed by atoms with E-state index in [0.717, 1.165) is 41.8 Å². The Morgan fingerprint density at radius 1 is 1.00 bits per heavy atom. The van der Waals surface area contributed by atoms with Gasteiger partial charge in [-0.25, -0.2) is 4.68 Å². The van der Waals surface area contributed by atoms with E-state index in [1.54, 1.807) is 19.2 Å². The maximum Gasteiger partial charge on any atom is 0.272 e. The number of para-hydroxylation sites is 1. The van der Waals surface area contributed by atoms with E-state index < -0.39 is 0 Å². The number of carbonyl (C=O) groups excluding carboxylic acids is 2. The van der Waals surface area contributed by atoms with Gasteiger partial charge in [-0.05, 0) is 49.1 Å². The highest BCUT2D eigenvalue weighted by molar-refractivity contribution is 5.95. The molecule has 2 N–H and O–H groups in total. The fourth-order valence-electron chi connectivity index (χ4n) is 3.59. The number of nitrogens with one attached hydrogen (secondary N) is 2. The topological polar surface area (TPSA) is 76.0 Å². The molecule has 1 aliphatic rings. The minimum absolute atomic E-state index is 0.127. The summed E-state index contributed by atoms with van der Waals surface area (Å²) in [6.07, 6.45) is 2.86. The van der Waals surface area contributed by atoms with Gasteiger partial charge in [0.25, 0.3) is 11.8 Å². The maximum absolute atomic E-state index is 12.8. The van der Waals surface area contributed by atoms with Crippen molar-refractivity contribution >= 4 is 11.8 Å². The number of hydrogen-bond acceptors (Lipinski definition) is 3. The second-order valence-corrected chi connectivity index (χ2v) is 6.83. The molecule has 0 radical (unpaired) electrons. The van der Waals surface area contributed by atoms with Gasteiger partial charge in [0.2, 0.25) is 0 Å². The average molecular weight is 374 g/mol. The van der Waals surface area contributed by atoms with Gasteiger partial charge in [0.1, 0.15) is 0 Å². The Morgan fingerprint density at radius 3 is 2.46 bits per heavy atom. The highest BCUT2D eigenvalue weighted by atomic mass is 16.2. The molecule has 2 amide bonds. The molecule has 1 aromatic heterocycles. The molecule has 1 heterocycles. The highest BCUT2D eigenvalue weighted by Gasteiger charge is 2.26. The van der Waals surface area contributed by atoms with Crippen LogP contribution < -0.4 is 10.6 Å². The van der Waals surface area contributed by atoms with Crippen molar-refractivity contribution in [3.63, 3.8) is 0 Å². The van der Waals surface area contributed by atoms with Gasteiger partial charge in [0, 0.05) is 30.4 Å². The van der Waals surface area contributed by atoms with Crippen molar-refractivity contribution in [2.45, 2.75) is 25.8 Å². The van der Waals surface area contributed by atoms with Crippen molar-refractivity contribution in [1.29, 1.82) is 0 Å². The number of amides is 2. The van der Waals surface area contributed by atoms with Crippen LogP contribution in [0.1, 0.15) is 44.1 Å². The lowest BCUT2D eigenvalue weighted by Gasteiger charge is -2.06. The lowest BCUT2D eigenvalue weighted by atomic mass is 10.1. The third kappa shape index (κ3) is 3.41. The van der Waals surface area contributed by atoms with Crippen LogP contribution in [0, 0.1) is 0 Å². The van der Waals surface area contributed by atoms with Gasteiger partial charge in [-0.3, -0.25) is 9.59 Å². The van der Waals surface area contributed by atoms with Gasteiger partial charge in [0.05, 0.1) is 5.69 Å². The standard InChI is InChI=1S/C22H22N4O2/c1-23-21(27)16-12-10-15(11-13-16)14-24-22(28)20-18-8-5-9-19(18)26(25-20)17-6-3-2-4-7-17/h2-4,6-7,10-13H,5,8-9,14H2,1H3,(H,23,27)(H,24,28). The van der Waals surface area contributed by atoms with E-state index in [9.17, 15) is 9.59 Å². The quantitative estimate of drug-likeness (QED) is 0.721. The van der Waals surface area contributed by atoms with Crippen LogP contribution >= 0.6 is 0 Å². The van der Waals surface area contributed by atoms with E-state index >= 15 is 0 Å². The Kier molecular flexibility index (Phi) is 4.93. The number of benzene rings is 2. The summed E-state index contributed by atoms with van der Waals surface area (Å²) in [5, 5.41) is 10.2. The minimum Gasteiger partial charge on any atom is -0.355 e. The monoisotopic (exact) mass is 374 g/mol. The van der Waals surface area contributed by atoms with Crippen LogP contribution in [0.25, 0.3) is 5.69 Å². The minimum atomic E-state index is -0.164. The van der Waals surface area contributed by atoms with Gasteiger partial charge < -0.3 is 10.6 Å². The summed E-state index contributed by atoms with van der Waals surface area (Å²) in [6, 6.07) is 17.1. The number of fused-ring (bicyclic) bond motifs is 1. The van der Waals surface area contributed by atoms with Crippen molar-refractivity contribution in [1.82, 2.24) is 20.4 Å². The first-order valence-corrected chi connectivity index (χ1v) is 9.43. The number of hydrogen-bond donors (Lipinski definition) is 2. The zero-order valence-electron chi connectivity index (χ0n) is 15.7. The predicted octanol–water partition coefficient (Wildman–Crippen LogP) is 2.65. The molecule has 0 fully saturated rings. The van der Waals surface area contributed by atoms with E-state index in [0.29, 0.717) is 17.8 Å². The molecule has 0 atom stereocenters. The summed E-state index contributed by atoms with van der Waals surface area (Å²) in [6.45, 7) is 0.389. The predicted molar refractivity (Wildman–Crippen MR) is 107 cm³/mol. The molecular weight excluding hydrogens is 352 g/mol. The summed E-state index contributed by atoms with van der Waals surface area (Å²) in [4.78, 5) is 24.4. The molecule has 0 bridgehead atoms. The molecule has 28 heavy (non-hydrogen) atoms. The molecule has 3 aromatic rings. The van der Waals surface area contributed by atoms with Gasteiger partial charge in [-0.2, -0.15) is 5.10 Å². The third-order valence-corrected chi connectivity index (χ3v) is 5.04. The summed E-state index contributed by atoms with van der Waals surface area (Å²) < 4.78 is 1.90. The fourth-order valence-corrected chi connectivity index (χ4v) is 3.59. The molecule has 0 unspecified atom stereocenters. The van der Waals surface area contributed by atoms with Crippen LogP contribution in [0.15, 0.2) is 54.6 Å². The lowest BCUT2D eigenvalue weighted by Crippen LogP contribution is -2.24. The molecule has 0 aliphatic heterocycles. The molecule has 1 aliphatic carbocycles. The van der Waals surface area contributed by atoms with Crippen molar-refractivity contribution in [2.24, 2.45) is 0 Å². The van der Waals surface area contributed by atoms with E-state index in [1.807, 2.05) is 47.1 Å².